The Balaban J connectivity index is 2.33. The molecule has 0 atom stereocenters. The number of pyridine rings is 1. The second kappa shape index (κ2) is 5.27. The van der Waals surface area contributed by atoms with E-state index in [1.807, 2.05) is 24.3 Å². The molecule has 0 aliphatic rings. The minimum atomic E-state index is -0.0567. The SMILES string of the molecule is CC(=O)c1cccnc1Oc1cccc(I)c1. The third-order valence-electron chi connectivity index (χ3n) is 2.16. The lowest BCUT2D eigenvalue weighted by molar-refractivity contribution is 0.101. The molecule has 0 bridgehead atoms. The number of ether oxygens (including phenoxy) is 1. The van der Waals surface area contributed by atoms with Gasteiger partial charge in [0, 0.05) is 9.77 Å². The molecule has 3 nitrogen and oxygen atoms in total. The van der Waals surface area contributed by atoms with Gasteiger partial charge in [-0.2, -0.15) is 0 Å². The number of nitrogens with zero attached hydrogens (tertiary/aromatic N) is 1. The Kier molecular flexibility index (Phi) is 3.73. The fourth-order valence-electron chi connectivity index (χ4n) is 1.38. The average Bonchev–Trinajstić information content (AvgIpc) is 2.29. The minimum Gasteiger partial charge on any atom is -0.438 e. The number of hydrogen-bond donors (Lipinski definition) is 0. The van der Waals surface area contributed by atoms with Crippen LogP contribution in [-0.4, -0.2) is 10.8 Å². The van der Waals surface area contributed by atoms with Gasteiger partial charge in [0.05, 0.1) is 5.56 Å². The van der Waals surface area contributed by atoms with Gasteiger partial charge in [-0.1, -0.05) is 6.07 Å². The number of ketones is 1. The highest BCUT2D eigenvalue weighted by Crippen LogP contribution is 2.24. The molecule has 1 aromatic carbocycles. The molecule has 2 rings (SSSR count). The molecule has 1 aromatic heterocycles. The Hall–Kier alpha value is -1.43. The van der Waals surface area contributed by atoms with Crippen molar-refractivity contribution in [2.24, 2.45) is 0 Å². The summed E-state index contributed by atoms with van der Waals surface area (Å²) in [5.74, 6) is 0.971. The van der Waals surface area contributed by atoms with E-state index in [2.05, 4.69) is 27.6 Å². The second-order valence-electron chi connectivity index (χ2n) is 3.47. The van der Waals surface area contributed by atoms with Crippen molar-refractivity contribution >= 4 is 28.4 Å². The van der Waals surface area contributed by atoms with Crippen LogP contribution in [0.2, 0.25) is 0 Å². The van der Waals surface area contributed by atoms with E-state index in [1.165, 1.54) is 6.92 Å². The summed E-state index contributed by atoms with van der Waals surface area (Å²) in [6, 6.07) is 11.0. The second-order valence-corrected chi connectivity index (χ2v) is 4.72. The Bertz CT molecular complexity index is 555. The molecule has 0 radical (unpaired) electrons. The summed E-state index contributed by atoms with van der Waals surface area (Å²) in [7, 11) is 0. The molecular formula is C13H10INO2. The van der Waals surface area contributed by atoms with Crippen LogP contribution < -0.4 is 4.74 Å². The number of halogens is 1. The zero-order valence-corrected chi connectivity index (χ0v) is 11.3. The van der Waals surface area contributed by atoms with Crippen LogP contribution in [0.3, 0.4) is 0 Å². The van der Waals surface area contributed by atoms with E-state index in [1.54, 1.807) is 18.3 Å². The van der Waals surface area contributed by atoms with Gasteiger partial charge in [-0.25, -0.2) is 4.98 Å². The average molecular weight is 339 g/mol. The molecule has 86 valence electrons. The van der Waals surface area contributed by atoms with Gasteiger partial charge in [-0.15, -0.1) is 0 Å². The first-order valence-electron chi connectivity index (χ1n) is 5.06. The topological polar surface area (TPSA) is 39.2 Å². The first kappa shape index (κ1) is 12.0. The van der Waals surface area contributed by atoms with E-state index < -0.39 is 0 Å². The van der Waals surface area contributed by atoms with Gasteiger partial charge in [0.1, 0.15) is 5.75 Å². The predicted octanol–water partition coefficient (Wildman–Crippen LogP) is 3.68. The molecule has 0 unspecified atom stereocenters. The summed E-state index contributed by atoms with van der Waals surface area (Å²) in [5.41, 5.74) is 0.492. The van der Waals surface area contributed by atoms with E-state index in [4.69, 9.17) is 4.74 Å². The van der Waals surface area contributed by atoms with Crippen molar-refractivity contribution in [2.75, 3.05) is 0 Å². The van der Waals surface area contributed by atoms with Crippen LogP contribution >= 0.6 is 22.6 Å². The van der Waals surface area contributed by atoms with Gasteiger partial charge in [0.2, 0.25) is 5.88 Å². The van der Waals surface area contributed by atoms with Crippen molar-refractivity contribution in [3.05, 3.63) is 51.7 Å². The van der Waals surface area contributed by atoms with E-state index >= 15 is 0 Å². The quantitative estimate of drug-likeness (QED) is 0.633. The van der Waals surface area contributed by atoms with Crippen LogP contribution in [0.5, 0.6) is 11.6 Å². The van der Waals surface area contributed by atoms with Crippen LogP contribution in [-0.2, 0) is 0 Å². The van der Waals surface area contributed by atoms with E-state index in [0.29, 0.717) is 17.2 Å². The maximum Gasteiger partial charge on any atom is 0.230 e. The fraction of sp³-hybridized carbons (Fsp3) is 0.0769. The molecule has 0 saturated heterocycles. The van der Waals surface area contributed by atoms with Crippen molar-refractivity contribution in [2.45, 2.75) is 6.92 Å². The smallest absolute Gasteiger partial charge is 0.230 e. The molecule has 4 heteroatoms. The number of aromatic nitrogens is 1. The highest BCUT2D eigenvalue weighted by atomic mass is 127. The molecule has 0 fully saturated rings. The van der Waals surface area contributed by atoms with Crippen molar-refractivity contribution in [3.63, 3.8) is 0 Å². The zero-order chi connectivity index (χ0) is 12.3. The number of carbonyl (C=O) groups excluding carboxylic acids is 1. The Morgan fingerprint density at radius 2 is 2.12 bits per heavy atom. The number of carbonyl (C=O) groups is 1. The Labute approximate surface area is 113 Å². The minimum absolute atomic E-state index is 0.0567. The van der Waals surface area contributed by atoms with Gasteiger partial charge < -0.3 is 4.74 Å². The fourth-order valence-corrected chi connectivity index (χ4v) is 1.90. The summed E-state index contributed by atoms with van der Waals surface area (Å²) in [6.07, 6.45) is 1.61. The van der Waals surface area contributed by atoms with Crippen LogP contribution in [0.4, 0.5) is 0 Å². The maximum absolute atomic E-state index is 11.4. The van der Waals surface area contributed by atoms with Gasteiger partial charge in [-0.05, 0) is 59.8 Å². The van der Waals surface area contributed by atoms with E-state index in [0.717, 1.165) is 3.57 Å². The number of rotatable bonds is 3. The van der Waals surface area contributed by atoms with E-state index in [-0.39, 0.29) is 5.78 Å². The molecule has 17 heavy (non-hydrogen) atoms. The molecule has 0 aliphatic heterocycles. The summed E-state index contributed by atoms with van der Waals surface area (Å²) in [5, 5.41) is 0. The largest absolute Gasteiger partial charge is 0.438 e. The third-order valence-corrected chi connectivity index (χ3v) is 2.83. The van der Waals surface area contributed by atoms with E-state index in [9.17, 15) is 4.79 Å². The lowest BCUT2D eigenvalue weighted by atomic mass is 10.2. The van der Waals surface area contributed by atoms with Gasteiger partial charge in [-0.3, -0.25) is 4.79 Å². The number of Topliss-reactive ketones (excluding diaryl/α,β-unsaturated/α-hetero) is 1. The first-order chi connectivity index (χ1) is 8.16. The monoisotopic (exact) mass is 339 g/mol. The molecule has 0 saturated carbocycles. The summed E-state index contributed by atoms with van der Waals surface area (Å²) >= 11 is 2.20. The molecule has 1 heterocycles. The molecule has 0 amide bonds. The number of benzene rings is 1. The van der Waals surface area contributed by atoms with Gasteiger partial charge in [0.25, 0.3) is 0 Å². The van der Waals surface area contributed by atoms with Crippen molar-refractivity contribution in [3.8, 4) is 11.6 Å². The third kappa shape index (κ3) is 3.03. The van der Waals surface area contributed by atoms with Crippen LogP contribution in [0.25, 0.3) is 0 Å². The normalized spacial score (nSPS) is 10.0. The molecule has 0 N–H and O–H groups in total. The number of hydrogen-bond acceptors (Lipinski definition) is 3. The molecule has 2 aromatic rings. The first-order valence-corrected chi connectivity index (χ1v) is 6.14. The Morgan fingerprint density at radius 1 is 1.29 bits per heavy atom. The van der Waals surface area contributed by atoms with Gasteiger partial charge >= 0.3 is 0 Å². The van der Waals surface area contributed by atoms with Crippen molar-refractivity contribution in [1.82, 2.24) is 4.98 Å². The zero-order valence-electron chi connectivity index (χ0n) is 9.18. The summed E-state index contributed by atoms with van der Waals surface area (Å²) in [4.78, 5) is 15.5. The Morgan fingerprint density at radius 3 is 2.82 bits per heavy atom. The molecular weight excluding hydrogens is 329 g/mol. The summed E-state index contributed by atoms with van der Waals surface area (Å²) < 4.78 is 6.68. The summed E-state index contributed by atoms with van der Waals surface area (Å²) in [6.45, 7) is 1.50. The van der Waals surface area contributed by atoms with Crippen LogP contribution in [0, 0.1) is 3.57 Å². The maximum atomic E-state index is 11.4. The standard InChI is InChI=1S/C13H10INO2/c1-9(16)12-6-3-7-15-13(12)17-11-5-2-4-10(14)8-11/h2-8H,1H3. The molecule has 0 aliphatic carbocycles. The van der Waals surface area contributed by atoms with Crippen molar-refractivity contribution in [1.29, 1.82) is 0 Å². The van der Waals surface area contributed by atoms with Crippen LogP contribution in [0.1, 0.15) is 17.3 Å². The van der Waals surface area contributed by atoms with Crippen LogP contribution in [0.15, 0.2) is 42.6 Å². The highest BCUT2D eigenvalue weighted by Gasteiger charge is 2.09. The highest BCUT2D eigenvalue weighted by molar-refractivity contribution is 14.1. The van der Waals surface area contributed by atoms with Crippen molar-refractivity contribution < 1.29 is 9.53 Å². The lowest BCUT2D eigenvalue weighted by Gasteiger charge is -2.07. The lowest BCUT2D eigenvalue weighted by Crippen LogP contribution is -1.98. The molecule has 0 spiro atoms. The van der Waals surface area contributed by atoms with Gasteiger partial charge in [0.15, 0.2) is 5.78 Å². The predicted molar refractivity (Wildman–Crippen MR) is 73.5 cm³/mol.